The Kier molecular flexibility index (Phi) is 9.13. The number of rotatable bonds is 7. The Bertz CT molecular complexity index is 2680. The molecule has 0 aromatic heterocycles. The van der Waals surface area contributed by atoms with E-state index in [-0.39, 0.29) is 10.8 Å². The first-order valence-corrected chi connectivity index (χ1v) is 21.3. The van der Waals surface area contributed by atoms with E-state index in [4.69, 9.17) is 0 Å². The van der Waals surface area contributed by atoms with Crippen molar-refractivity contribution in [3.63, 3.8) is 0 Å². The van der Waals surface area contributed by atoms with Crippen molar-refractivity contribution < 1.29 is 0 Å². The van der Waals surface area contributed by atoms with Crippen molar-refractivity contribution in [2.24, 2.45) is 0 Å². The van der Waals surface area contributed by atoms with E-state index in [1.54, 1.807) is 5.57 Å². The fourth-order valence-electron chi connectivity index (χ4n) is 10.3. The van der Waals surface area contributed by atoms with Crippen molar-refractivity contribution in [1.29, 1.82) is 0 Å². The smallest absolute Gasteiger partial charge is 0.0640 e. The van der Waals surface area contributed by atoms with E-state index in [2.05, 4.69) is 208 Å². The molecule has 1 nitrogen and oxygen atoms in total. The van der Waals surface area contributed by atoms with Crippen LogP contribution in [0.15, 0.2) is 187 Å². The molecular weight excluding hydrogens is 699 g/mol. The maximum absolute atomic E-state index is 2.57. The normalized spacial score (nSPS) is 18.3. The van der Waals surface area contributed by atoms with Crippen molar-refractivity contribution in [3.8, 4) is 11.1 Å². The lowest BCUT2D eigenvalue weighted by molar-refractivity contribution is 0.592. The Morgan fingerprint density at radius 1 is 0.569 bits per heavy atom. The van der Waals surface area contributed by atoms with Gasteiger partial charge in [-0.3, -0.25) is 0 Å². The Morgan fingerprint density at radius 3 is 1.95 bits per heavy atom. The zero-order valence-corrected chi connectivity index (χ0v) is 34.0. The van der Waals surface area contributed by atoms with Crippen molar-refractivity contribution in [1.82, 2.24) is 0 Å². The molecule has 284 valence electrons. The van der Waals surface area contributed by atoms with Gasteiger partial charge in [0.15, 0.2) is 0 Å². The molecule has 6 aromatic carbocycles. The number of benzene rings is 6. The van der Waals surface area contributed by atoms with Gasteiger partial charge in [0.1, 0.15) is 0 Å². The summed E-state index contributed by atoms with van der Waals surface area (Å²) in [6, 6.07) is 55.0. The van der Waals surface area contributed by atoms with Crippen LogP contribution in [-0.2, 0) is 17.3 Å². The van der Waals surface area contributed by atoms with Crippen molar-refractivity contribution in [2.75, 3.05) is 4.90 Å². The topological polar surface area (TPSA) is 3.24 Å². The van der Waals surface area contributed by atoms with Crippen molar-refractivity contribution in [2.45, 2.75) is 70.1 Å². The Hall–Kier alpha value is -6.18. The van der Waals surface area contributed by atoms with Gasteiger partial charge in [-0.15, -0.1) is 0 Å². The second-order valence-electron chi connectivity index (χ2n) is 17.4. The largest absolute Gasteiger partial charge is 0.310 e. The van der Waals surface area contributed by atoms with Gasteiger partial charge < -0.3 is 4.90 Å². The van der Waals surface area contributed by atoms with Crippen LogP contribution < -0.4 is 4.90 Å². The van der Waals surface area contributed by atoms with Crippen LogP contribution in [0.25, 0.3) is 28.3 Å². The molecule has 58 heavy (non-hydrogen) atoms. The third kappa shape index (κ3) is 6.16. The lowest BCUT2D eigenvalue weighted by Crippen LogP contribution is -2.32. The van der Waals surface area contributed by atoms with Gasteiger partial charge in [0, 0.05) is 17.1 Å². The van der Waals surface area contributed by atoms with E-state index in [9.17, 15) is 0 Å². The minimum atomic E-state index is -0.356. The van der Waals surface area contributed by atoms with Crippen molar-refractivity contribution in [3.05, 3.63) is 226 Å². The molecule has 1 atom stereocenters. The van der Waals surface area contributed by atoms with Crippen LogP contribution >= 0.6 is 0 Å². The van der Waals surface area contributed by atoms with Gasteiger partial charge in [-0.05, 0) is 147 Å². The first-order chi connectivity index (χ1) is 28.4. The van der Waals surface area contributed by atoms with Gasteiger partial charge in [-0.1, -0.05) is 172 Å². The number of hydrogen-bond donors (Lipinski definition) is 0. The zero-order chi connectivity index (χ0) is 39.3. The summed E-state index contributed by atoms with van der Waals surface area (Å²) in [7, 11) is 0. The highest BCUT2D eigenvalue weighted by molar-refractivity contribution is 5.97. The lowest BCUT2D eigenvalue weighted by Gasteiger charge is -2.40. The molecule has 4 aliphatic rings. The lowest BCUT2D eigenvalue weighted by atomic mass is 9.63. The van der Waals surface area contributed by atoms with Gasteiger partial charge in [0.2, 0.25) is 0 Å². The highest BCUT2D eigenvalue weighted by atomic mass is 15.1. The molecule has 0 N–H and O–H groups in total. The van der Waals surface area contributed by atoms with E-state index in [1.165, 1.54) is 83.9 Å². The first kappa shape index (κ1) is 36.2. The van der Waals surface area contributed by atoms with E-state index >= 15 is 0 Å². The maximum Gasteiger partial charge on any atom is 0.0640 e. The molecule has 0 aliphatic heterocycles. The maximum atomic E-state index is 2.57. The molecule has 1 heteroatoms. The zero-order valence-electron chi connectivity index (χ0n) is 34.0. The summed E-state index contributed by atoms with van der Waals surface area (Å²) >= 11 is 0. The molecule has 0 bridgehead atoms. The van der Waals surface area contributed by atoms with Gasteiger partial charge in [-0.25, -0.2) is 0 Å². The molecule has 1 unspecified atom stereocenters. The number of anilines is 3. The summed E-state index contributed by atoms with van der Waals surface area (Å²) in [6.07, 6.45) is 20.5. The van der Waals surface area contributed by atoms with E-state index in [0.717, 1.165) is 38.5 Å². The van der Waals surface area contributed by atoms with Crippen LogP contribution in [0.1, 0.15) is 91.8 Å². The SMILES string of the molecule is CC(C)(C)c1cc(N(c2ccc3c(c2)CCC=C3)c2ccc3c(c2)C(C2=CC=CCC2)(c2ccccc2)C2=C3C=C(c3ccccc3)CC2)ccc1-c1ccccc1. The third-order valence-electron chi connectivity index (χ3n) is 13.0. The van der Waals surface area contributed by atoms with Crippen LogP contribution in [0.4, 0.5) is 17.1 Å². The highest BCUT2D eigenvalue weighted by Gasteiger charge is 2.49. The summed E-state index contributed by atoms with van der Waals surface area (Å²) in [5, 5.41) is 0. The summed E-state index contributed by atoms with van der Waals surface area (Å²) in [5.74, 6) is 0. The van der Waals surface area contributed by atoms with E-state index < -0.39 is 0 Å². The third-order valence-corrected chi connectivity index (χ3v) is 13.0. The second-order valence-corrected chi connectivity index (χ2v) is 17.4. The predicted octanol–water partition coefficient (Wildman–Crippen LogP) is 15.3. The molecule has 0 heterocycles. The fourth-order valence-corrected chi connectivity index (χ4v) is 10.3. The first-order valence-electron chi connectivity index (χ1n) is 21.3. The molecule has 0 spiro atoms. The number of fused-ring (bicyclic) bond motifs is 3. The molecule has 0 saturated heterocycles. The number of hydrogen-bond acceptors (Lipinski definition) is 1. The van der Waals surface area contributed by atoms with Gasteiger partial charge >= 0.3 is 0 Å². The molecule has 6 aromatic rings. The number of nitrogens with zero attached hydrogens (tertiary/aromatic N) is 1. The van der Waals surface area contributed by atoms with Crippen LogP contribution in [-0.4, -0.2) is 0 Å². The molecule has 0 fully saturated rings. The number of aryl methyl sites for hydroxylation is 1. The van der Waals surface area contributed by atoms with E-state index in [0.29, 0.717) is 0 Å². The van der Waals surface area contributed by atoms with Crippen LogP contribution in [0.2, 0.25) is 0 Å². The average molecular weight is 750 g/mol. The Labute approximate surface area is 345 Å². The van der Waals surface area contributed by atoms with Gasteiger partial charge in [0.05, 0.1) is 5.41 Å². The summed E-state index contributed by atoms with van der Waals surface area (Å²) in [4.78, 5) is 2.54. The van der Waals surface area contributed by atoms with E-state index in [1.807, 2.05) is 0 Å². The quantitative estimate of drug-likeness (QED) is 0.157. The average Bonchev–Trinajstić information content (AvgIpc) is 3.57. The Morgan fingerprint density at radius 2 is 1.22 bits per heavy atom. The standard InChI is InChI=1S/C57H51N/c1-56(2,3)54-38-48(31-33-50(54)42-21-10-5-11-22-42)58(47-30-28-41-20-16-17-23-43(41)36-47)49-32-34-51-52-37-44(40-18-8-4-9-19-40)29-35-53(52)57(55(51)39-49,45-24-12-6-13-25-45)46-26-14-7-15-27-46/h4-14,16,18-22,24-26,28,30-34,36-39H,15,17,23,27,29,35H2,1-3H3. The molecule has 10 rings (SSSR count). The summed E-state index contributed by atoms with van der Waals surface area (Å²) in [6.45, 7) is 7.03. The van der Waals surface area contributed by atoms with Crippen LogP contribution in [0.5, 0.6) is 0 Å². The number of allylic oxidation sites excluding steroid dienone is 9. The highest BCUT2D eigenvalue weighted by Crippen LogP contribution is 2.60. The fraction of sp³-hybridized carbons (Fsp3) is 0.193. The molecule has 4 aliphatic carbocycles. The second kappa shape index (κ2) is 14.6. The molecular formula is C57H51N. The van der Waals surface area contributed by atoms with Crippen LogP contribution in [0.3, 0.4) is 0 Å². The molecule has 0 amide bonds. The van der Waals surface area contributed by atoms with Crippen LogP contribution in [0, 0.1) is 0 Å². The minimum absolute atomic E-state index is 0.0688. The van der Waals surface area contributed by atoms with Crippen molar-refractivity contribution >= 4 is 34.3 Å². The van der Waals surface area contributed by atoms with Gasteiger partial charge in [0.25, 0.3) is 0 Å². The summed E-state index contributed by atoms with van der Waals surface area (Å²) < 4.78 is 0. The minimum Gasteiger partial charge on any atom is -0.310 e. The monoisotopic (exact) mass is 749 g/mol. The Balaban J connectivity index is 1.23. The van der Waals surface area contributed by atoms with Gasteiger partial charge in [-0.2, -0.15) is 0 Å². The molecule has 0 saturated carbocycles. The predicted molar refractivity (Wildman–Crippen MR) is 247 cm³/mol. The summed E-state index contributed by atoms with van der Waals surface area (Å²) in [5.41, 5.74) is 21.1. The molecule has 0 radical (unpaired) electrons.